The first-order chi connectivity index (χ1) is 8.73. The number of guanidine groups is 1. The Morgan fingerprint density at radius 3 is 2.63 bits per heavy atom. The second-order valence-corrected chi connectivity index (χ2v) is 5.58. The molecule has 1 spiro atoms. The maximum absolute atomic E-state index is 5.94. The Labute approximate surface area is 134 Å². The first kappa shape index (κ1) is 17.0. The predicted octanol–water partition coefficient (Wildman–Crippen LogP) is 2.66. The molecule has 112 valence electrons. The van der Waals surface area contributed by atoms with E-state index in [-0.39, 0.29) is 24.0 Å². The Morgan fingerprint density at radius 2 is 2.05 bits per heavy atom. The molecule has 19 heavy (non-hydrogen) atoms. The highest BCUT2D eigenvalue weighted by molar-refractivity contribution is 14.0. The summed E-state index contributed by atoms with van der Waals surface area (Å²) in [6.45, 7) is 5.83. The lowest BCUT2D eigenvalue weighted by Crippen LogP contribution is -2.64. The number of nitrogens with zero attached hydrogens (tertiary/aromatic N) is 1. The van der Waals surface area contributed by atoms with Crippen molar-refractivity contribution in [2.75, 3.05) is 13.2 Å². The summed E-state index contributed by atoms with van der Waals surface area (Å²) in [7, 11) is 0. The Balaban J connectivity index is 0.00000180. The van der Waals surface area contributed by atoms with Gasteiger partial charge in [-0.05, 0) is 32.6 Å². The molecule has 2 saturated carbocycles. The van der Waals surface area contributed by atoms with E-state index in [0.717, 1.165) is 26.0 Å². The van der Waals surface area contributed by atoms with E-state index in [0.29, 0.717) is 23.5 Å². The van der Waals surface area contributed by atoms with Crippen LogP contribution in [0, 0.1) is 5.41 Å². The molecule has 0 saturated heterocycles. The van der Waals surface area contributed by atoms with Crippen molar-refractivity contribution < 1.29 is 4.74 Å². The number of aliphatic imine (C=N–C) groups is 1. The zero-order valence-corrected chi connectivity index (χ0v) is 14.5. The van der Waals surface area contributed by atoms with Crippen LogP contribution in [0.4, 0.5) is 0 Å². The number of ether oxygens (including phenoxy) is 1. The van der Waals surface area contributed by atoms with Gasteiger partial charge in [0, 0.05) is 24.6 Å². The lowest BCUT2D eigenvalue weighted by atomic mass is 9.60. The number of halogens is 1. The van der Waals surface area contributed by atoms with Crippen molar-refractivity contribution in [2.45, 2.75) is 64.5 Å². The van der Waals surface area contributed by atoms with Gasteiger partial charge in [0.1, 0.15) is 0 Å². The van der Waals surface area contributed by atoms with Gasteiger partial charge in [0.25, 0.3) is 0 Å². The van der Waals surface area contributed by atoms with Gasteiger partial charge in [-0.25, -0.2) is 0 Å². The molecule has 2 fully saturated rings. The van der Waals surface area contributed by atoms with Crippen LogP contribution in [0.3, 0.4) is 0 Å². The van der Waals surface area contributed by atoms with E-state index in [1.165, 1.54) is 25.7 Å². The van der Waals surface area contributed by atoms with Crippen molar-refractivity contribution in [1.82, 2.24) is 5.32 Å². The Bertz CT molecular complexity index is 303. The van der Waals surface area contributed by atoms with E-state index < -0.39 is 0 Å². The van der Waals surface area contributed by atoms with Crippen LogP contribution in [0.5, 0.6) is 0 Å². The highest BCUT2D eigenvalue weighted by atomic mass is 127. The fourth-order valence-electron chi connectivity index (χ4n) is 3.55. The van der Waals surface area contributed by atoms with Crippen LogP contribution in [-0.2, 0) is 4.74 Å². The first-order valence-electron chi connectivity index (χ1n) is 7.41. The second kappa shape index (κ2) is 7.67. The van der Waals surface area contributed by atoms with E-state index in [9.17, 15) is 0 Å². The van der Waals surface area contributed by atoms with Gasteiger partial charge in [-0.2, -0.15) is 0 Å². The largest absolute Gasteiger partial charge is 0.378 e. The molecule has 2 aliphatic carbocycles. The molecule has 0 aromatic heterocycles. The van der Waals surface area contributed by atoms with E-state index in [2.05, 4.69) is 24.2 Å². The van der Waals surface area contributed by atoms with Crippen LogP contribution in [0.2, 0.25) is 0 Å². The molecular formula is C14H28IN3O. The summed E-state index contributed by atoms with van der Waals surface area (Å²) in [6.07, 6.45) is 7.76. The zero-order valence-electron chi connectivity index (χ0n) is 12.2. The Hall–Kier alpha value is -0.0400. The molecule has 0 amide bonds. The minimum atomic E-state index is 0. The van der Waals surface area contributed by atoms with Crippen molar-refractivity contribution in [3.63, 3.8) is 0 Å². The van der Waals surface area contributed by atoms with Gasteiger partial charge in [0.2, 0.25) is 0 Å². The SMILES string of the molecule is CCCN=C(N)NC1CC(OCC)C12CCCC2.I. The quantitative estimate of drug-likeness (QED) is 0.437. The van der Waals surface area contributed by atoms with Crippen LogP contribution < -0.4 is 11.1 Å². The maximum Gasteiger partial charge on any atom is 0.188 e. The first-order valence-corrected chi connectivity index (χ1v) is 7.41. The van der Waals surface area contributed by atoms with E-state index in [4.69, 9.17) is 10.5 Å². The third-order valence-corrected chi connectivity index (χ3v) is 4.52. The van der Waals surface area contributed by atoms with E-state index in [1.54, 1.807) is 0 Å². The third kappa shape index (κ3) is 3.54. The van der Waals surface area contributed by atoms with Gasteiger partial charge in [-0.3, -0.25) is 4.99 Å². The Morgan fingerprint density at radius 1 is 1.37 bits per heavy atom. The van der Waals surface area contributed by atoms with Gasteiger partial charge >= 0.3 is 0 Å². The normalized spacial score (nSPS) is 28.8. The summed E-state index contributed by atoms with van der Waals surface area (Å²) in [4.78, 5) is 4.33. The Kier molecular flexibility index (Phi) is 6.86. The maximum atomic E-state index is 5.94. The van der Waals surface area contributed by atoms with Crippen molar-refractivity contribution in [2.24, 2.45) is 16.1 Å². The van der Waals surface area contributed by atoms with Crippen molar-refractivity contribution in [1.29, 1.82) is 0 Å². The fourth-order valence-corrected chi connectivity index (χ4v) is 3.55. The third-order valence-electron chi connectivity index (χ3n) is 4.52. The standard InChI is InChI=1S/C14H27N3O.HI/c1-3-9-16-13(15)17-11-10-12(18-4-2)14(11)7-5-6-8-14;/h11-12H,3-10H2,1-2H3,(H3,15,16,17);1H. The highest BCUT2D eigenvalue weighted by Gasteiger charge is 2.56. The summed E-state index contributed by atoms with van der Waals surface area (Å²) in [5.41, 5.74) is 6.27. The van der Waals surface area contributed by atoms with Gasteiger partial charge in [0.15, 0.2) is 5.96 Å². The number of hydrogen-bond acceptors (Lipinski definition) is 2. The monoisotopic (exact) mass is 381 g/mol. The van der Waals surface area contributed by atoms with Crippen LogP contribution >= 0.6 is 24.0 Å². The smallest absolute Gasteiger partial charge is 0.188 e. The fraction of sp³-hybridized carbons (Fsp3) is 0.929. The van der Waals surface area contributed by atoms with Crippen LogP contribution in [0.25, 0.3) is 0 Å². The predicted molar refractivity (Wildman–Crippen MR) is 90.1 cm³/mol. The highest BCUT2D eigenvalue weighted by Crippen LogP contribution is 2.54. The molecule has 3 N–H and O–H groups in total. The lowest BCUT2D eigenvalue weighted by molar-refractivity contribution is -0.125. The lowest BCUT2D eigenvalue weighted by Gasteiger charge is -2.54. The molecule has 0 bridgehead atoms. The van der Waals surface area contributed by atoms with Crippen LogP contribution in [0.1, 0.15) is 52.4 Å². The molecule has 2 atom stereocenters. The number of hydrogen-bond donors (Lipinski definition) is 2. The van der Waals surface area contributed by atoms with Gasteiger partial charge in [-0.15, -0.1) is 24.0 Å². The van der Waals surface area contributed by atoms with E-state index in [1.807, 2.05) is 0 Å². The van der Waals surface area contributed by atoms with Crippen molar-refractivity contribution >= 4 is 29.9 Å². The summed E-state index contributed by atoms with van der Waals surface area (Å²) < 4.78 is 5.89. The molecule has 0 heterocycles. The molecule has 4 nitrogen and oxygen atoms in total. The molecule has 2 aliphatic rings. The molecule has 0 radical (unpaired) electrons. The number of nitrogens with one attached hydrogen (secondary N) is 1. The average Bonchev–Trinajstić information content (AvgIpc) is 2.87. The van der Waals surface area contributed by atoms with Crippen LogP contribution in [0.15, 0.2) is 4.99 Å². The summed E-state index contributed by atoms with van der Waals surface area (Å²) in [6, 6.07) is 0.470. The topological polar surface area (TPSA) is 59.6 Å². The van der Waals surface area contributed by atoms with Gasteiger partial charge < -0.3 is 15.8 Å². The molecule has 0 aromatic rings. The summed E-state index contributed by atoms with van der Waals surface area (Å²) >= 11 is 0. The molecule has 0 aromatic carbocycles. The second-order valence-electron chi connectivity index (χ2n) is 5.58. The van der Waals surface area contributed by atoms with Gasteiger partial charge in [-0.1, -0.05) is 19.8 Å². The molecular weight excluding hydrogens is 353 g/mol. The van der Waals surface area contributed by atoms with Crippen molar-refractivity contribution in [3.05, 3.63) is 0 Å². The molecule has 2 unspecified atom stereocenters. The van der Waals surface area contributed by atoms with E-state index >= 15 is 0 Å². The zero-order chi connectivity index (χ0) is 13.0. The number of rotatable bonds is 5. The molecule has 2 rings (SSSR count). The summed E-state index contributed by atoms with van der Waals surface area (Å²) in [5, 5.41) is 3.42. The number of nitrogens with two attached hydrogens (primary N) is 1. The van der Waals surface area contributed by atoms with Crippen LogP contribution in [-0.4, -0.2) is 31.3 Å². The minimum Gasteiger partial charge on any atom is -0.378 e. The minimum absolute atomic E-state index is 0. The summed E-state index contributed by atoms with van der Waals surface area (Å²) in [5.74, 6) is 0.614. The molecule has 0 aliphatic heterocycles. The van der Waals surface area contributed by atoms with Crippen molar-refractivity contribution in [3.8, 4) is 0 Å². The molecule has 5 heteroatoms. The van der Waals surface area contributed by atoms with Gasteiger partial charge in [0.05, 0.1) is 6.10 Å². The average molecular weight is 381 g/mol.